The van der Waals surface area contributed by atoms with Gasteiger partial charge in [0.2, 0.25) is 0 Å². The Bertz CT molecular complexity index is 617. The molecule has 6 heteroatoms. The van der Waals surface area contributed by atoms with Crippen LogP contribution in [0.3, 0.4) is 0 Å². The predicted molar refractivity (Wildman–Crippen MR) is 76.9 cm³/mol. The van der Waals surface area contributed by atoms with Crippen LogP contribution in [-0.4, -0.2) is 4.92 Å². The number of nitrogens with one attached hydrogen (secondary N) is 1. The molecule has 98 valence electrons. The molecular formula is C13H10Cl2N2O2. The number of nitro groups is 1. The first kappa shape index (κ1) is 13.6. The van der Waals surface area contributed by atoms with Crippen molar-refractivity contribution in [2.45, 2.75) is 6.54 Å². The minimum atomic E-state index is -0.472. The monoisotopic (exact) mass is 296 g/mol. The number of anilines is 1. The van der Waals surface area contributed by atoms with Crippen LogP contribution in [0, 0.1) is 10.1 Å². The van der Waals surface area contributed by atoms with E-state index in [1.165, 1.54) is 12.1 Å². The fourth-order valence-corrected chi connectivity index (χ4v) is 2.02. The van der Waals surface area contributed by atoms with Crippen molar-refractivity contribution in [1.82, 2.24) is 0 Å². The van der Waals surface area contributed by atoms with E-state index in [0.717, 1.165) is 11.3 Å². The fourth-order valence-electron chi connectivity index (χ4n) is 1.59. The number of non-ortho nitro benzene ring substituents is 1. The highest BCUT2D eigenvalue weighted by Gasteiger charge is 2.09. The molecule has 2 aromatic carbocycles. The zero-order chi connectivity index (χ0) is 13.8. The summed E-state index contributed by atoms with van der Waals surface area (Å²) in [5.41, 5.74) is 1.63. The van der Waals surface area contributed by atoms with E-state index in [1.807, 2.05) is 12.1 Å². The summed E-state index contributed by atoms with van der Waals surface area (Å²) in [5, 5.41) is 14.8. The first-order valence-electron chi connectivity index (χ1n) is 5.48. The number of rotatable bonds is 4. The van der Waals surface area contributed by atoms with Gasteiger partial charge >= 0.3 is 0 Å². The largest absolute Gasteiger partial charge is 0.381 e. The van der Waals surface area contributed by atoms with E-state index in [1.54, 1.807) is 18.2 Å². The summed E-state index contributed by atoms with van der Waals surface area (Å²) in [4.78, 5) is 10.1. The lowest BCUT2D eigenvalue weighted by Gasteiger charge is -2.08. The van der Waals surface area contributed by atoms with E-state index in [0.29, 0.717) is 16.6 Å². The molecule has 4 nitrogen and oxygen atoms in total. The molecule has 0 spiro atoms. The quantitative estimate of drug-likeness (QED) is 0.667. The molecule has 2 aromatic rings. The smallest absolute Gasteiger partial charge is 0.270 e. The number of halogens is 2. The normalized spacial score (nSPS) is 10.2. The topological polar surface area (TPSA) is 55.2 Å². The highest BCUT2D eigenvalue weighted by atomic mass is 35.5. The Balaban J connectivity index is 2.10. The van der Waals surface area contributed by atoms with Crippen molar-refractivity contribution in [3.63, 3.8) is 0 Å². The van der Waals surface area contributed by atoms with Crippen LogP contribution in [0.2, 0.25) is 10.0 Å². The van der Waals surface area contributed by atoms with Gasteiger partial charge in [-0.15, -0.1) is 0 Å². The molecule has 1 N–H and O–H groups in total. The van der Waals surface area contributed by atoms with Gasteiger partial charge in [-0.1, -0.05) is 29.3 Å². The average Bonchev–Trinajstić information content (AvgIpc) is 2.37. The second-order valence-electron chi connectivity index (χ2n) is 3.90. The maximum Gasteiger partial charge on any atom is 0.270 e. The van der Waals surface area contributed by atoms with Crippen LogP contribution in [-0.2, 0) is 6.54 Å². The van der Waals surface area contributed by atoms with Crippen LogP contribution in [0.4, 0.5) is 11.4 Å². The maximum absolute atomic E-state index is 10.6. The van der Waals surface area contributed by atoms with Crippen LogP contribution < -0.4 is 5.32 Å². The Morgan fingerprint density at radius 2 is 1.95 bits per heavy atom. The van der Waals surface area contributed by atoms with Crippen LogP contribution >= 0.6 is 23.2 Å². The third-order valence-corrected chi connectivity index (χ3v) is 3.14. The number of hydrogen-bond donors (Lipinski definition) is 1. The van der Waals surface area contributed by atoms with Crippen molar-refractivity contribution in [2.24, 2.45) is 0 Å². The number of nitrogens with zero attached hydrogens (tertiary/aromatic N) is 1. The number of hydrogen-bond acceptors (Lipinski definition) is 3. The maximum atomic E-state index is 10.6. The van der Waals surface area contributed by atoms with Gasteiger partial charge < -0.3 is 5.32 Å². The molecule has 0 fully saturated rings. The third-order valence-electron chi connectivity index (χ3n) is 2.56. The van der Waals surface area contributed by atoms with Crippen molar-refractivity contribution < 1.29 is 4.92 Å². The van der Waals surface area contributed by atoms with Crippen molar-refractivity contribution in [1.29, 1.82) is 0 Å². The highest BCUT2D eigenvalue weighted by Crippen LogP contribution is 2.23. The Morgan fingerprint density at radius 3 is 2.58 bits per heavy atom. The van der Waals surface area contributed by atoms with Gasteiger partial charge in [0, 0.05) is 29.4 Å². The molecule has 0 amide bonds. The van der Waals surface area contributed by atoms with Gasteiger partial charge in [-0.2, -0.15) is 0 Å². The lowest BCUT2D eigenvalue weighted by molar-refractivity contribution is -0.384. The molecule has 0 heterocycles. The summed E-state index contributed by atoms with van der Waals surface area (Å²) in [6.45, 7) is 0.469. The Hall–Kier alpha value is -1.78. The Labute approximate surface area is 120 Å². The van der Waals surface area contributed by atoms with Gasteiger partial charge in [0.1, 0.15) is 0 Å². The third kappa shape index (κ3) is 3.59. The molecule has 0 saturated carbocycles. The molecule has 19 heavy (non-hydrogen) atoms. The summed E-state index contributed by atoms with van der Waals surface area (Å²) < 4.78 is 0. The second-order valence-corrected chi connectivity index (χ2v) is 4.74. The Morgan fingerprint density at radius 1 is 1.16 bits per heavy atom. The van der Waals surface area contributed by atoms with Crippen molar-refractivity contribution >= 4 is 34.6 Å². The van der Waals surface area contributed by atoms with Crippen LogP contribution in [0.5, 0.6) is 0 Å². The molecule has 2 rings (SSSR count). The van der Waals surface area contributed by atoms with E-state index in [2.05, 4.69) is 5.32 Å². The number of benzene rings is 2. The molecule has 0 saturated heterocycles. The van der Waals surface area contributed by atoms with E-state index in [4.69, 9.17) is 23.2 Å². The number of nitro benzene ring substituents is 1. The molecule has 0 aliphatic carbocycles. The lowest BCUT2D eigenvalue weighted by Crippen LogP contribution is -2.00. The van der Waals surface area contributed by atoms with Gasteiger partial charge in [-0.05, 0) is 29.8 Å². The molecule has 0 unspecified atom stereocenters. The van der Waals surface area contributed by atoms with E-state index < -0.39 is 4.92 Å². The lowest BCUT2D eigenvalue weighted by atomic mass is 10.2. The molecule has 0 aliphatic heterocycles. The van der Waals surface area contributed by atoms with Crippen molar-refractivity contribution in [3.05, 3.63) is 68.2 Å². The summed E-state index contributed by atoms with van der Waals surface area (Å²) in [6, 6.07) is 11.7. The van der Waals surface area contributed by atoms with Crippen LogP contribution in [0.1, 0.15) is 5.56 Å². The highest BCUT2D eigenvalue weighted by molar-refractivity contribution is 6.31. The standard InChI is InChI=1S/C13H10Cl2N2O2/c14-10-2-1-3-11(6-10)16-8-9-4-5-12(17(18)19)7-13(9)15/h1-7,16H,8H2. The molecule has 0 aromatic heterocycles. The average molecular weight is 297 g/mol. The molecule has 0 bridgehead atoms. The van der Waals surface area contributed by atoms with Gasteiger partial charge in [-0.25, -0.2) is 0 Å². The molecule has 0 radical (unpaired) electrons. The second kappa shape index (κ2) is 5.91. The first-order chi connectivity index (χ1) is 9.06. The van der Waals surface area contributed by atoms with Gasteiger partial charge in [0.15, 0.2) is 0 Å². The summed E-state index contributed by atoms with van der Waals surface area (Å²) in [7, 11) is 0. The Kier molecular flexibility index (Phi) is 4.24. The minimum absolute atomic E-state index is 0.0171. The van der Waals surface area contributed by atoms with E-state index in [-0.39, 0.29) is 5.69 Å². The first-order valence-corrected chi connectivity index (χ1v) is 6.24. The van der Waals surface area contributed by atoms with Gasteiger partial charge in [0.05, 0.1) is 9.95 Å². The SMILES string of the molecule is O=[N+]([O-])c1ccc(CNc2cccc(Cl)c2)c(Cl)c1. The van der Waals surface area contributed by atoms with Crippen molar-refractivity contribution in [3.8, 4) is 0 Å². The molecular weight excluding hydrogens is 287 g/mol. The van der Waals surface area contributed by atoms with Gasteiger partial charge in [-0.3, -0.25) is 10.1 Å². The minimum Gasteiger partial charge on any atom is -0.381 e. The molecule has 0 atom stereocenters. The van der Waals surface area contributed by atoms with Crippen molar-refractivity contribution in [2.75, 3.05) is 5.32 Å². The van der Waals surface area contributed by atoms with E-state index >= 15 is 0 Å². The molecule has 0 aliphatic rings. The van der Waals surface area contributed by atoms with Crippen LogP contribution in [0.25, 0.3) is 0 Å². The van der Waals surface area contributed by atoms with E-state index in [9.17, 15) is 10.1 Å². The summed E-state index contributed by atoms with van der Waals surface area (Å²) in [5.74, 6) is 0. The van der Waals surface area contributed by atoms with Crippen LogP contribution in [0.15, 0.2) is 42.5 Å². The summed E-state index contributed by atoms with van der Waals surface area (Å²) >= 11 is 11.9. The van der Waals surface area contributed by atoms with Gasteiger partial charge in [0.25, 0.3) is 5.69 Å². The fraction of sp³-hybridized carbons (Fsp3) is 0.0769. The zero-order valence-electron chi connectivity index (χ0n) is 9.77. The summed E-state index contributed by atoms with van der Waals surface area (Å²) in [6.07, 6.45) is 0. The predicted octanol–water partition coefficient (Wildman–Crippen LogP) is 4.51. The zero-order valence-corrected chi connectivity index (χ0v) is 11.3.